The van der Waals surface area contributed by atoms with Crippen molar-refractivity contribution >= 4 is 0 Å². The van der Waals surface area contributed by atoms with Gasteiger partial charge in [0.1, 0.15) is 18.9 Å². The fourth-order valence-corrected chi connectivity index (χ4v) is 1.06. The zero-order valence-corrected chi connectivity index (χ0v) is 5.85. The highest BCUT2D eigenvalue weighted by molar-refractivity contribution is 4.81. The molecular weight excluding hydrogens is 155 g/mol. The molecule has 0 aromatic rings. The van der Waals surface area contributed by atoms with Crippen LogP contribution in [0.1, 0.15) is 6.42 Å². The van der Waals surface area contributed by atoms with Crippen LogP contribution in [0.3, 0.4) is 0 Å². The Labute approximate surface area is 63.2 Å². The molecule has 0 unspecified atom stereocenters. The van der Waals surface area contributed by atoms with E-state index in [1.54, 1.807) is 0 Å². The number of hydrogen-bond acceptors (Lipinski definition) is 4. The van der Waals surface area contributed by atoms with Crippen LogP contribution in [-0.4, -0.2) is 46.6 Å². The van der Waals surface area contributed by atoms with Gasteiger partial charge < -0.3 is 20.1 Å². The molecule has 5 heteroatoms. The van der Waals surface area contributed by atoms with Crippen molar-refractivity contribution in [2.24, 2.45) is 0 Å². The lowest BCUT2D eigenvalue weighted by atomic mass is 10.0. The Balaban J connectivity index is 2.51. The molecule has 11 heavy (non-hydrogen) atoms. The van der Waals surface area contributed by atoms with Crippen LogP contribution in [0, 0.1) is 0 Å². The average molecular weight is 166 g/mol. The molecule has 0 bridgehead atoms. The summed E-state index contributed by atoms with van der Waals surface area (Å²) in [5, 5.41) is 26.9. The lowest BCUT2D eigenvalue weighted by Gasteiger charge is -2.33. The summed E-state index contributed by atoms with van der Waals surface area (Å²) >= 11 is 0. The highest BCUT2D eigenvalue weighted by Crippen LogP contribution is 2.18. The Bertz CT molecular complexity index is 132. The average Bonchev–Trinajstić information content (AvgIpc) is 1.96. The van der Waals surface area contributed by atoms with Crippen molar-refractivity contribution in [1.82, 2.24) is 0 Å². The SMILES string of the molecule is O[C@H]1[C@H](O)C[C@H](O)O[C@@H]1CF. The van der Waals surface area contributed by atoms with Crippen molar-refractivity contribution in [3.05, 3.63) is 0 Å². The molecule has 3 N–H and O–H groups in total. The van der Waals surface area contributed by atoms with Crippen LogP contribution in [0.5, 0.6) is 0 Å². The second kappa shape index (κ2) is 3.44. The second-order valence-corrected chi connectivity index (χ2v) is 2.58. The van der Waals surface area contributed by atoms with Gasteiger partial charge >= 0.3 is 0 Å². The Hall–Kier alpha value is -0.230. The molecule has 0 aromatic carbocycles. The van der Waals surface area contributed by atoms with Gasteiger partial charge in [-0.1, -0.05) is 0 Å². The third-order valence-electron chi connectivity index (χ3n) is 1.70. The molecule has 1 aliphatic rings. The lowest BCUT2D eigenvalue weighted by Crippen LogP contribution is -2.49. The normalized spacial score (nSPS) is 45.8. The fraction of sp³-hybridized carbons (Fsp3) is 1.00. The van der Waals surface area contributed by atoms with E-state index in [-0.39, 0.29) is 6.42 Å². The van der Waals surface area contributed by atoms with Crippen molar-refractivity contribution in [3.8, 4) is 0 Å². The van der Waals surface area contributed by atoms with Crippen LogP contribution in [0.25, 0.3) is 0 Å². The molecule has 1 saturated heterocycles. The summed E-state index contributed by atoms with van der Waals surface area (Å²) in [5.41, 5.74) is 0. The van der Waals surface area contributed by atoms with Crippen molar-refractivity contribution in [2.75, 3.05) is 6.67 Å². The molecule has 1 aliphatic heterocycles. The lowest BCUT2D eigenvalue weighted by molar-refractivity contribution is -0.234. The zero-order chi connectivity index (χ0) is 8.43. The van der Waals surface area contributed by atoms with Crippen molar-refractivity contribution in [3.63, 3.8) is 0 Å². The number of halogens is 1. The molecule has 1 fully saturated rings. The molecule has 66 valence electrons. The van der Waals surface area contributed by atoms with E-state index < -0.39 is 31.3 Å². The summed E-state index contributed by atoms with van der Waals surface area (Å²) in [5.74, 6) is 0. The molecule has 4 nitrogen and oxygen atoms in total. The Kier molecular flexibility index (Phi) is 2.78. The first-order valence-corrected chi connectivity index (χ1v) is 3.40. The number of rotatable bonds is 1. The van der Waals surface area contributed by atoms with E-state index in [4.69, 9.17) is 15.3 Å². The van der Waals surface area contributed by atoms with Crippen LogP contribution in [0.15, 0.2) is 0 Å². The largest absolute Gasteiger partial charge is 0.390 e. The van der Waals surface area contributed by atoms with Crippen LogP contribution in [0.2, 0.25) is 0 Å². The number of aliphatic hydroxyl groups excluding tert-OH is 3. The van der Waals surface area contributed by atoms with E-state index in [0.29, 0.717) is 0 Å². The monoisotopic (exact) mass is 166 g/mol. The van der Waals surface area contributed by atoms with Gasteiger partial charge in [0.15, 0.2) is 6.29 Å². The zero-order valence-electron chi connectivity index (χ0n) is 5.85. The molecule has 0 saturated carbocycles. The minimum atomic E-state index is -1.23. The van der Waals surface area contributed by atoms with Crippen molar-refractivity contribution < 1.29 is 24.4 Å². The molecule has 1 heterocycles. The van der Waals surface area contributed by atoms with Gasteiger partial charge in [-0.05, 0) is 0 Å². The first-order valence-electron chi connectivity index (χ1n) is 3.40. The number of alkyl halides is 1. The van der Waals surface area contributed by atoms with Gasteiger partial charge in [-0.3, -0.25) is 0 Å². The van der Waals surface area contributed by atoms with Crippen LogP contribution < -0.4 is 0 Å². The number of hydrogen-bond donors (Lipinski definition) is 3. The fourth-order valence-electron chi connectivity index (χ4n) is 1.06. The predicted octanol–water partition coefficient (Wildman–Crippen LogP) is -1.22. The summed E-state index contributed by atoms with van der Waals surface area (Å²) in [6.07, 6.45) is -4.68. The number of aliphatic hydroxyl groups is 3. The molecular formula is C6H11FO4. The molecule has 4 atom stereocenters. The first kappa shape index (κ1) is 8.86. The van der Waals surface area contributed by atoms with Gasteiger partial charge in [0.25, 0.3) is 0 Å². The van der Waals surface area contributed by atoms with Crippen LogP contribution >= 0.6 is 0 Å². The number of ether oxygens (including phenoxy) is 1. The second-order valence-electron chi connectivity index (χ2n) is 2.58. The van der Waals surface area contributed by atoms with E-state index in [0.717, 1.165) is 0 Å². The minimum Gasteiger partial charge on any atom is -0.390 e. The van der Waals surface area contributed by atoms with E-state index in [1.165, 1.54) is 0 Å². The molecule has 1 rings (SSSR count). The van der Waals surface area contributed by atoms with E-state index in [9.17, 15) is 4.39 Å². The smallest absolute Gasteiger partial charge is 0.157 e. The summed E-state index contributed by atoms with van der Waals surface area (Å²) in [6, 6.07) is 0. The molecule has 0 aliphatic carbocycles. The maximum Gasteiger partial charge on any atom is 0.157 e. The topological polar surface area (TPSA) is 69.9 Å². The predicted molar refractivity (Wildman–Crippen MR) is 33.5 cm³/mol. The van der Waals surface area contributed by atoms with Crippen molar-refractivity contribution in [1.29, 1.82) is 0 Å². The van der Waals surface area contributed by atoms with Crippen LogP contribution in [0.4, 0.5) is 4.39 Å². The van der Waals surface area contributed by atoms with E-state index >= 15 is 0 Å². The maximum absolute atomic E-state index is 12.0. The minimum absolute atomic E-state index is 0.0718. The summed E-state index contributed by atoms with van der Waals surface area (Å²) in [6.45, 7) is -0.907. The molecule has 0 radical (unpaired) electrons. The molecule has 0 spiro atoms. The van der Waals surface area contributed by atoms with Gasteiger partial charge in [0.2, 0.25) is 0 Å². The summed E-state index contributed by atoms with van der Waals surface area (Å²) in [4.78, 5) is 0. The Morgan fingerprint density at radius 2 is 2.00 bits per heavy atom. The highest BCUT2D eigenvalue weighted by Gasteiger charge is 2.35. The van der Waals surface area contributed by atoms with Crippen LogP contribution in [-0.2, 0) is 4.74 Å². The summed E-state index contributed by atoms with van der Waals surface area (Å²) < 4.78 is 16.6. The first-order chi connectivity index (χ1) is 5.15. The van der Waals surface area contributed by atoms with Gasteiger partial charge in [0.05, 0.1) is 6.10 Å². The van der Waals surface area contributed by atoms with E-state index in [1.807, 2.05) is 0 Å². The van der Waals surface area contributed by atoms with Gasteiger partial charge in [-0.2, -0.15) is 0 Å². The highest BCUT2D eigenvalue weighted by atomic mass is 19.1. The van der Waals surface area contributed by atoms with E-state index in [2.05, 4.69) is 4.74 Å². The third kappa shape index (κ3) is 1.87. The Morgan fingerprint density at radius 3 is 2.55 bits per heavy atom. The van der Waals surface area contributed by atoms with Crippen molar-refractivity contribution in [2.45, 2.75) is 31.0 Å². The Morgan fingerprint density at radius 1 is 1.36 bits per heavy atom. The molecule has 0 amide bonds. The van der Waals surface area contributed by atoms with Gasteiger partial charge in [0, 0.05) is 6.42 Å². The quantitative estimate of drug-likeness (QED) is 0.457. The standard InChI is InChI=1S/C6H11FO4/c7-2-4-6(10)3(8)1-5(9)11-4/h3-6,8-10H,1-2H2/t3-,4-,5-,6+/m1/s1. The maximum atomic E-state index is 12.0. The summed E-state index contributed by atoms with van der Waals surface area (Å²) in [7, 11) is 0. The molecule has 0 aromatic heterocycles. The van der Waals surface area contributed by atoms with Gasteiger partial charge in [-0.15, -0.1) is 0 Å². The third-order valence-corrected chi connectivity index (χ3v) is 1.70. The van der Waals surface area contributed by atoms with Gasteiger partial charge in [-0.25, -0.2) is 4.39 Å².